The summed E-state index contributed by atoms with van der Waals surface area (Å²) in [7, 11) is 0. The van der Waals surface area contributed by atoms with Gasteiger partial charge in [-0.1, -0.05) is 42.5 Å². The van der Waals surface area contributed by atoms with Crippen molar-refractivity contribution in [1.29, 1.82) is 0 Å². The second-order valence-corrected chi connectivity index (χ2v) is 6.91. The minimum absolute atomic E-state index is 0.0394. The quantitative estimate of drug-likeness (QED) is 0.447. The first-order valence-corrected chi connectivity index (χ1v) is 9.79. The largest absolute Gasteiger partial charge is 0.494 e. The van der Waals surface area contributed by atoms with Crippen molar-refractivity contribution in [2.24, 2.45) is 5.10 Å². The third kappa shape index (κ3) is 5.57. The lowest BCUT2D eigenvalue weighted by Crippen LogP contribution is -2.19. The van der Waals surface area contributed by atoms with E-state index in [-0.39, 0.29) is 18.4 Å². The molecule has 29 heavy (non-hydrogen) atoms. The van der Waals surface area contributed by atoms with Crippen LogP contribution >= 0.6 is 0 Å². The number of carbonyl (C=O) groups excluding carboxylic acids is 1. The lowest BCUT2D eigenvalue weighted by atomic mass is 10.0. The van der Waals surface area contributed by atoms with Gasteiger partial charge in [0.1, 0.15) is 11.5 Å². The van der Waals surface area contributed by atoms with Crippen LogP contribution < -0.4 is 14.9 Å². The van der Waals surface area contributed by atoms with Crippen LogP contribution in [0.1, 0.15) is 31.9 Å². The molecule has 0 aliphatic rings. The molecule has 0 heterocycles. The van der Waals surface area contributed by atoms with Crippen LogP contribution in [0.5, 0.6) is 11.5 Å². The SMILES string of the molecule is CCOc1ccc(CC(=O)N/N=C\c2c(OC(C)C)ccc3ccccc23)cc1. The fourth-order valence-corrected chi connectivity index (χ4v) is 3.03. The summed E-state index contributed by atoms with van der Waals surface area (Å²) in [4.78, 5) is 12.3. The smallest absolute Gasteiger partial charge is 0.244 e. The van der Waals surface area contributed by atoms with E-state index in [1.807, 2.05) is 81.4 Å². The predicted octanol–water partition coefficient (Wildman–Crippen LogP) is 4.72. The highest BCUT2D eigenvalue weighted by atomic mass is 16.5. The molecule has 0 aliphatic heterocycles. The first-order valence-electron chi connectivity index (χ1n) is 9.79. The van der Waals surface area contributed by atoms with E-state index in [1.54, 1.807) is 6.21 Å². The molecule has 1 amide bonds. The molecular weight excluding hydrogens is 364 g/mol. The van der Waals surface area contributed by atoms with Crippen molar-refractivity contribution in [1.82, 2.24) is 5.43 Å². The van der Waals surface area contributed by atoms with E-state index < -0.39 is 0 Å². The summed E-state index contributed by atoms with van der Waals surface area (Å²) in [6.07, 6.45) is 1.93. The molecule has 0 saturated heterocycles. The van der Waals surface area contributed by atoms with Crippen molar-refractivity contribution < 1.29 is 14.3 Å². The van der Waals surface area contributed by atoms with Crippen LogP contribution in [0, 0.1) is 0 Å². The zero-order valence-corrected chi connectivity index (χ0v) is 17.0. The van der Waals surface area contributed by atoms with E-state index in [0.29, 0.717) is 6.61 Å². The number of rotatable bonds is 8. The number of hydrazone groups is 1. The fourth-order valence-electron chi connectivity index (χ4n) is 3.03. The molecule has 0 radical (unpaired) electrons. The topological polar surface area (TPSA) is 59.9 Å². The molecule has 3 aromatic rings. The van der Waals surface area contributed by atoms with Gasteiger partial charge in [-0.15, -0.1) is 0 Å². The summed E-state index contributed by atoms with van der Waals surface area (Å²) in [5.41, 5.74) is 4.35. The van der Waals surface area contributed by atoms with E-state index in [9.17, 15) is 4.79 Å². The highest BCUT2D eigenvalue weighted by Crippen LogP contribution is 2.27. The second kappa shape index (κ2) is 9.73. The van der Waals surface area contributed by atoms with Gasteiger partial charge in [-0.25, -0.2) is 5.43 Å². The Labute approximate surface area is 171 Å². The van der Waals surface area contributed by atoms with Gasteiger partial charge in [-0.05, 0) is 55.3 Å². The average Bonchev–Trinajstić information content (AvgIpc) is 2.70. The van der Waals surface area contributed by atoms with E-state index in [1.165, 1.54) is 0 Å². The first kappa shape index (κ1) is 20.4. The molecule has 5 heteroatoms. The van der Waals surface area contributed by atoms with Crippen LogP contribution in [0.3, 0.4) is 0 Å². The van der Waals surface area contributed by atoms with Crippen LogP contribution in [0.25, 0.3) is 10.8 Å². The number of hydrogen-bond acceptors (Lipinski definition) is 4. The van der Waals surface area contributed by atoms with Gasteiger partial charge in [0.25, 0.3) is 0 Å². The Kier molecular flexibility index (Phi) is 6.85. The van der Waals surface area contributed by atoms with Crippen LogP contribution in [0.2, 0.25) is 0 Å². The Morgan fingerprint density at radius 1 is 1.07 bits per heavy atom. The molecule has 0 fully saturated rings. The maximum Gasteiger partial charge on any atom is 0.244 e. The van der Waals surface area contributed by atoms with E-state index in [4.69, 9.17) is 9.47 Å². The number of hydrogen-bond donors (Lipinski definition) is 1. The molecule has 150 valence electrons. The minimum Gasteiger partial charge on any atom is -0.494 e. The van der Waals surface area contributed by atoms with Crippen LogP contribution in [0.15, 0.2) is 65.8 Å². The average molecular weight is 390 g/mol. The fraction of sp³-hybridized carbons (Fsp3) is 0.250. The highest BCUT2D eigenvalue weighted by Gasteiger charge is 2.09. The molecule has 0 unspecified atom stereocenters. The summed E-state index contributed by atoms with van der Waals surface area (Å²) in [5, 5.41) is 6.29. The molecule has 1 N–H and O–H groups in total. The first-order chi connectivity index (χ1) is 14.1. The summed E-state index contributed by atoms with van der Waals surface area (Å²) in [6.45, 7) is 6.52. The van der Waals surface area contributed by atoms with E-state index in [0.717, 1.165) is 33.4 Å². The number of nitrogens with one attached hydrogen (secondary N) is 1. The standard InChI is InChI=1S/C24H26N2O3/c1-4-28-20-12-9-18(10-13-20)15-24(27)26-25-16-22-21-8-6-5-7-19(21)11-14-23(22)29-17(2)3/h5-14,16-17H,4,15H2,1-3H3,(H,26,27)/b25-16-. The van der Waals surface area contributed by atoms with Gasteiger partial charge in [0.05, 0.1) is 25.3 Å². The van der Waals surface area contributed by atoms with Gasteiger partial charge >= 0.3 is 0 Å². The second-order valence-electron chi connectivity index (χ2n) is 6.91. The van der Waals surface area contributed by atoms with Crippen molar-refractivity contribution in [3.05, 3.63) is 71.8 Å². The zero-order valence-electron chi connectivity index (χ0n) is 17.0. The van der Waals surface area contributed by atoms with Crippen molar-refractivity contribution in [2.45, 2.75) is 33.3 Å². The molecule has 5 nitrogen and oxygen atoms in total. The summed E-state index contributed by atoms with van der Waals surface area (Å²) in [5.74, 6) is 1.35. The van der Waals surface area contributed by atoms with Crippen molar-refractivity contribution in [2.75, 3.05) is 6.61 Å². The van der Waals surface area contributed by atoms with Gasteiger partial charge in [-0.3, -0.25) is 4.79 Å². The predicted molar refractivity (Wildman–Crippen MR) is 117 cm³/mol. The van der Waals surface area contributed by atoms with Gasteiger partial charge in [0.2, 0.25) is 5.91 Å². The molecule has 0 atom stereocenters. The van der Waals surface area contributed by atoms with Crippen molar-refractivity contribution in [3.63, 3.8) is 0 Å². The number of carbonyl (C=O) groups is 1. The molecule has 0 aromatic heterocycles. The lowest BCUT2D eigenvalue weighted by Gasteiger charge is -2.14. The maximum absolute atomic E-state index is 12.3. The third-order valence-electron chi connectivity index (χ3n) is 4.28. The number of amides is 1. The Morgan fingerprint density at radius 3 is 2.55 bits per heavy atom. The Bertz CT molecular complexity index is 995. The summed E-state index contributed by atoms with van der Waals surface area (Å²) < 4.78 is 11.3. The van der Waals surface area contributed by atoms with Crippen molar-refractivity contribution >= 4 is 22.9 Å². The lowest BCUT2D eigenvalue weighted by molar-refractivity contribution is -0.120. The Hall–Kier alpha value is -3.34. The minimum atomic E-state index is -0.183. The Morgan fingerprint density at radius 2 is 1.83 bits per heavy atom. The van der Waals surface area contributed by atoms with Gasteiger partial charge in [0.15, 0.2) is 0 Å². The van der Waals surface area contributed by atoms with E-state index in [2.05, 4.69) is 10.5 Å². The highest BCUT2D eigenvalue weighted by molar-refractivity contribution is 6.02. The molecule has 3 aromatic carbocycles. The van der Waals surface area contributed by atoms with Gasteiger partial charge in [0, 0.05) is 5.56 Å². The van der Waals surface area contributed by atoms with Crippen molar-refractivity contribution in [3.8, 4) is 11.5 Å². The van der Waals surface area contributed by atoms with Crippen LogP contribution in [-0.4, -0.2) is 24.8 Å². The Balaban J connectivity index is 1.72. The molecule has 0 aliphatic carbocycles. The number of fused-ring (bicyclic) bond motifs is 1. The molecule has 3 rings (SSSR count). The van der Waals surface area contributed by atoms with Gasteiger partial charge in [-0.2, -0.15) is 5.10 Å². The normalized spacial score (nSPS) is 11.2. The van der Waals surface area contributed by atoms with Gasteiger partial charge < -0.3 is 9.47 Å². The number of nitrogens with zero attached hydrogens (tertiary/aromatic N) is 1. The number of benzene rings is 3. The summed E-state index contributed by atoms with van der Waals surface area (Å²) in [6, 6.07) is 19.5. The van der Waals surface area contributed by atoms with E-state index >= 15 is 0 Å². The molecule has 0 spiro atoms. The molecule has 0 bridgehead atoms. The van der Waals surface area contributed by atoms with Crippen LogP contribution in [-0.2, 0) is 11.2 Å². The maximum atomic E-state index is 12.3. The molecular formula is C24H26N2O3. The molecule has 0 saturated carbocycles. The monoisotopic (exact) mass is 390 g/mol. The third-order valence-corrected chi connectivity index (χ3v) is 4.28. The number of ether oxygens (including phenoxy) is 2. The zero-order chi connectivity index (χ0) is 20.6. The summed E-state index contributed by atoms with van der Waals surface area (Å²) >= 11 is 0. The van der Waals surface area contributed by atoms with Crippen LogP contribution in [0.4, 0.5) is 0 Å².